The SMILES string of the molecule is COc1ccc(C(=O)Nc2ccc(C(=O)OCc3cc(=O)n4oc(C)cc4n3)cc2)cc1OC. The van der Waals surface area contributed by atoms with Crippen LogP contribution in [-0.2, 0) is 11.3 Å². The summed E-state index contributed by atoms with van der Waals surface area (Å²) in [5, 5.41) is 2.75. The highest BCUT2D eigenvalue weighted by atomic mass is 16.5. The molecule has 174 valence electrons. The third kappa shape index (κ3) is 4.75. The Bertz CT molecular complexity index is 1420. The Morgan fingerprint density at radius 3 is 2.38 bits per heavy atom. The molecule has 0 bridgehead atoms. The molecule has 2 heterocycles. The van der Waals surface area contributed by atoms with Crippen LogP contribution < -0.4 is 20.3 Å². The molecule has 10 nitrogen and oxygen atoms in total. The zero-order valence-electron chi connectivity index (χ0n) is 18.7. The molecule has 0 saturated heterocycles. The van der Waals surface area contributed by atoms with E-state index in [1.807, 2.05) is 0 Å². The zero-order valence-corrected chi connectivity index (χ0v) is 18.7. The van der Waals surface area contributed by atoms with Crippen molar-refractivity contribution in [3.05, 3.63) is 87.5 Å². The molecule has 0 spiro atoms. The fourth-order valence-electron chi connectivity index (χ4n) is 3.24. The van der Waals surface area contributed by atoms with Gasteiger partial charge in [0.2, 0.25) is 0 Å². The summed E-state index contributed by atoms with van der Waals surface area (Å²) in [4.78, 5) is 41.2. The number of amides is 1. The summed E-state index contributed by atoms with van der Waals surface area (Å²) in [5.74, 6) is 0.549. The number of anilines is 1. The second-order valence-corrected chi connectivity index (χ2v) is 7.26. The number of esters is 1. The van der Waals surface area contributed by atoms with Gasteiger partial charge in [-0.25, -0.2) is 9.78 Å². The number of ether oxygens (including phenoxy) is 3. The largest absolute Gasteiger partial charge is 0.493 e. The summed E-state index contributed by atoms with van der Waals surface area (Å²) in [6, 6.07) is 13.9. The summed E-state index contributed by atoms with van der Waals surface area (Å²) in [6.45, 7) is 1.53. The van der Waals surface area contributed by atoms with E-state index in [9.17, 15) is 14.4 Å². The number of benzene rings is 2. The van der Waals surface area contributed by atoms with Gasteiger partial charge in [0.1, 0.15) is 12.4 Å². The molecule has 4 rings (SSSR count). The predicted molar refractivity (Wildman–Crippen MR) is 122 cm³/mol. The molecule has 34 heavy (non-hydrogen) atoms. The smallest absolute Gasteiger partial charge is 0.338 e. The number of aromatic nitrogens is 2. The molecule has 0 saturated carbocycles. The summed E-state index contributed by atoms with van der Waals surface area (Å²) < 4.78 is 22.0. The van der Waals surface area contributed by atoms with Crippen LogP contribution in [0.25, 0.3) is 5.65 Å². The first-order valence-corrected chi connectivity index (χ1v) is 10.2. The molecule has 1 amide bonds. The van der Waals surface area contributed by atoms with E-state index < -0.39 is 11.5 Å². The van der Waals surface area contributed by atoms with Crippen molar-refractivity contribution in [3.8, 4) is 11.5 Å². The van der Waals surface area contributed by atoms with Crippen molar-refractivity contribution >= 4 is 23.2 Å². The first-order valence-electron chi connectivity index (χ1n) is 10.2. The van der Waals surface area contributed by atoms with Gasteiger partial charge in [-0.15, -0.1) is 4.57 Å². The minimum absolute atomic E-state index is 0.174. The highest BCUT2D eigenvalue weighted by Crippen LogP contribution is 2.28. The monoisotopic (exact) mass is 463 g/mol. The van der Waals surface area contributed by atoms with Gasteiger partial charge in [0.25, 0.3) is 11.5 Å². The third-order valence-corrected chi connectivity index (χ3v) is 4.90. The molecule has 4 aromatic rings. The summed E-state index contributed by atoms with van der Waals surface area (Å²) in [5.41, 5.74) is 1.39. The van der Waals surface area contributed by atoms with Crippen LogP contribution in [0.4, 0.5) is 5.69 Å². The van der Waals surface area contributed by atoms with Crippen LogP contribution in [0.5, 0.6) is 11.5 Å². The van der Waals surface area contributed by atoms with Crippen LogP contribution in [0.3, 0.4) is 0 Å². The van der Waals surface area contributed by atoms with Gasteiger partial charge in [-0.3, -0.25) is 9.59 Å². The lowest BCUT2D eigenvalue weighted by atomic mass is 10.1. The molecule has 2 aromatic heterocycles. The predicted octanol–water partition coefficient (Wildman–Crippen LogP) is 3.22. The summed E-state index contributed by atoms with van der Waals surface area (Å²) in [6.07, 6.45) is 0. The number of rotatable bonds is 7. The lowest BCUT2D eigenvalue weighted by molar-refractivity contribution is 0.0467. The van der Waals surface area contributed by atoms with E-state index in [0.29, 0.717) is 39.9 Å². The van der Waals surface area contributed by atoms with E-state index in [1.165, 1.54) is 32.4 Å². The van der Waals surface area contributed by atoms with Crippen molar-refractivity contribution in [2.45, 2.75) is 13.5 Å². The van der Waals surface area contributed by atoms with E-state index in [4.69, 9.17) is 18.7 Å². The molecule has 0 aliphatic heterocycles. The maximum atomic E-state index is 12.5. The normalized spacial score (nSPS) is 10.7. The number of nitrogens with zero attached hydrogens (tertiary/aromatic N) is 2. The molecule has 2 aromatic carbocycles. The number of nitrogens with one attached hydrogen (secondary N) is 1. The Morgan fingerprint density at radius 1 is 0.971 bits per heavy atom. The van der Waals surface area contributed by atoms with Gasteiger partial charge in [0.05, 0.1) is 25.5 Å². The van der Waals surface area contributed by atoms with Gasteiger partial charge in [-0.05, 0) is 49.4 Å². The fourth-order valence-corrected chi connectivity index (χ4v) is 3.24. The Hall–Kier alpha value is -4.60. The summed E-state index contributed by atoms with van der Waals surface area (Å²) in [7, 11) is 3.00. The van der Waals surface area contributed by atoms with Crippen LogP contribution in [0.15, 0.2) is 63.9 Å². The molecule has 10 heteroatoms. The Balaban J connectivity index is 1.39. The van der Waals surface area contributed by atoms with Crippen molar-refractivity contribution in [3.63, 3.8) is 0 Å². The van der Waals surface area contributed by atoms with E-state index in [1.54, 1.807) is 43.3 Å². The van der Waals surface area contributed by atoms with Gasteiger partial charge in [0, 0.05) is 23.4 Å². The van der Waals surface area contributed by atoms with Gasteiger partial charge in [-0.1, -0.05) is 0 Å². The van der Waals surface area contributed by atoms with Gasteiger partial charge < -0.3 is 24.1 Å². The lowest BCUT2D eigenvalue weighted by Crippen LogP contribution is -2.15. The highest BCUT2D eigenvalue weighted by Gasteiger charge is 2.13. The van der Waals surface area contributed by atoms with Crippen molar-refractivity contribution < 1.29 is 28.3 Å². The molecule has 0 fully saturated rings. The maximum absolute atomic E-state index is 12.5. The van der Waals surface area contributed by atoms with E-state index in [0.717, 1.165) is 4.57 Å². The molecule has 0 unspecified atom stereocenters. The molecule has 0 atom stereocenters. The van der Waals surface area contributed by atoms with Crippen molar-refractivity contribution in [1.82, 2.24) is 9.56 Å². The number of methoxy groups -OCH3 is 2. The first kappa shape index (κ1) is 22.6. The average Bonchev–Trinajstić information content (AvgIpc) is 3.23. The molecule has 0 aliphatic carbocycles. The van der Waals surface area contributed by atoms with Crippen molar-refractivity contribution in [2.24, 2.45) is 0 Å². The first-order chi connectivity index (χ1) is 16.4. The Kier molecular flexibility index (Phi) is 6.30. The Morgan fingerprint density at radius 2 is 1.68 bits per heavy atom. The second-order valence-electron chi connectivity index (χ2n) is 7.26. The van der Waals surface area contributed by atoms with Gasteiger partial charge in [0.15, 0.2) is 17.1 Å². The topological polar surface area (TPSA) is 121 Å². The number of carbonyl (C=O) groups is 2. The third-order valence-electron chi connectivity index (χ3n) is 4.90. The lowest BCUT2D eigenvalue weighted by Gasteiger charge is -2.10. The molecular formula is C24H21N3O7. The second kappa shape index (κ2) is 9.49. The molecule has 0 radical (unpaired) electrons. The quantitative estimate of drug-likeness (QED) is 0.415. The van der Waals surface area contributed by atoms with E-state index in [2.05, 4.69) is 10.3 Å². The fraction of sp³-hybridized carbons (Fsp3) is 0.167. The van der Waals surface area contributed by atoms with Crippen LogP contribution in [-0.4, -0.2) is 35.7 Å². The van der Waals surface area contributed by atoms with Gasteiger partial charge >= 0.3 is 5.97 Å². The Labute approximate surface area is 193 Å². The number of hydrogen-bond donors (Lipinski definition) is 1. The van der Waals surface area contributed by atoms with Crippen LogP contribution in [0, 0.1) is 6.92 Å². The minimum atomic E-state index is -0.594. The van der Waals surface area contributed by atoms with Gasteiger partial charge in [-0.2, -0.15) is 0 Å². The molecule has 1 N–H and O–H groups in total. The van der Waals surface area contributed by atoms with Crippen molar-refractivity contribution in [1.29, 1.82) is 0 Å². The number of hydrogen-bond acceptors (Lipinski definition) is 8. The van der Waals surface area contributed by atoms with Crippen LogP contribution in [0.2, 0.25) is 0 Å². The highest BCUT2D eigenvalue weighted by molar-refractivity contribution is 6.04. The zero-order chi connectivity index (χ0) is 24.2. The van der Waals surface area contributed by atoms with E-state index >= 15 is 0 Å². The van der Waals surface area contributed by atoms with Crippen LogP contribution in [0.1, 0.15) is 32.2 Å². The maximum Gasteiger partial charge on any atom is 0.338 e. The average molecular weight is 463 g/mol. The van der Waals surface area contributed by atoms with Crippen molar-refractivity contribution in [2.75, 3.05) is 19.5 Å². The molecular weight excluding hydrogens is 442 g/mol. The van der Waals surface area contributed by atoms with Crippen LogP contribution >= 0.6 is 0 Å². The van der Waals surface area contributed by atoms with E-state index in [-0.39, 0.29) is 18.1 Å². The molecule has 0 aliphatic rings. The standard InChI is InChI=1S/C24H21N3O7/c1-14-10-21-25-18(12-22(28)27(21)34-14)13-33-24(30)15-4-7-17(8-5-15)26-23(29)16-6-9-19(31-2)20(11-16)32-3/h4-12H,13H2,1-3H3,(H,26,29). The number of fused-ring (bicyclic) bond motifs is 1. The number of aryl methyl sites for hydroxylation is 1. The number of carbonyl (C=O) groups excluding carboxylic acids is 2. The summed E-state index contributed by atoms with van der Waals surface area (Å²) >= 11 is 0. The minimum Gasteiger partial charge on any atom is -0.493 e.